The van der Waals surface area contributed by atoms with Gasteiger partial charge in [-0.25, -0.2) is 0 Å². The molecule has 418 valence electrons. The van der Waals surface area contributed by atoms with Gasteiger partial charge in [-0.05, 0) is 135 Å². The lowest BCUT2D eigenvalue weighted by Crippen LogP contribution is -2.30. The number of carbonyl (C=O) groups excluding carboxylic acids is 3. The van der Waals surface area contributed by atoms with Crippen molar-refractivity contribution in [3.05, 3.63) is 134 Å². The van der Waals surface area contributed by atoms with Crippen LogP contribution in [0.5, 0.6) is 0 Å². The third-order valence-corrected chi connectivity index (χ3v) is 12.4. The minimum Gasteiger partial charge on any atom is -0.462 e. The molecular weight excluding hydrogens is 913 g/mol. The largest absolute Gasteiger partial charge is 0.462 e. The number of rotatable bonds is 53. The molecule has 0 radical (unpaired) electrons. The summed E-state index contributed by atoms with van der Waals surface area (Å²) < 4.78 is 16.9. The molecule has 0 aliphatic heterocycles. The zero-order chi connectivity index (χ0) is 53.6. The second kappa shape index (κ2) is 61.1. The Bertz CT molecular complexity index is 1600. The van der Waals surface area contributed by atoms with Crippen LogP contribution >= 0.6 is 0 Å². The van der Waals surface area contributed by atoms with Crippen LogP contribution in [0.25, 0.3) is 0 Å². The third-order valence-electron chi connectivity index (χ3n) is 12.4. The second-order valence-corrected chi connectivity index (χ2v) is 19.5. The first kappa shape index (κ1) is 69.5. The Kier molecular flexibility index (Phi) is 57.4. The van der Waals surface area contributed by atoms with E-state index in [1.165, 1.54) is 57.8 Å². The van der Waals surface area contributed by atoms with E-state index in [4.69, 9.17) is 14.2 Å². The summed E-state index contributed by atoms with van der Waals surface area (Å²) in [5.41, 5.74) is 0. The summed E-state index contributed by atoms with van der Waals surface area (Å²) in [5.74, 6) is -0.963. The SMILES string of the molecule is CC/C=C\C/C=C\C/C=C\C/C=C\C/C=C\C/C=C\CCCCCCC(=O)OCC(COC(=O)CCCCCCC/C=C\CCCCCCCCC)OC(=O)CCCCCC/C=C\C/C=C\C/C=C\C/C=C\CC. The topological polar surface area (TPSA) is 78.9 Å². The van der Waals surface area contributed by atoms with E-state index >= 15 is 0 Å². The zero-order valence-corrected chi connectivity index (χ0v) is 47.8. The van der Waals surface area contributed by atoms with Gasteiger partial charge >= 0.3 is 17.9 Å². The lowest BCUT2D eigenvalue weighted by Gasteiger charge is -2.18. The van der Waals surface area contributed by atoms with E-state index in [9.17, 15) is 14.4 Å². The molecule has 0 aromatic carbocycles. The molecule has 6 heteroatoms. The van der Waals surface area contributed by atoms with Gasteiger partial charge in [-0.15, -0.1) is 0 Å². The number of hydrogen-bond acceptors (Lipinski definition) is 6. The molecule has 1 unspecified atom stereocenters. The van der Waals surface area contributed by atoms with Crippen molar-refractivity contribution in [2.24, 2.45) is 0 Å². The molecule has 0 N–H and O–H groups in total. The van der Waals surface area contributed by atoms with Crippen molar-refractivity contribution in [2.45, 2.75) is 264 Å². The van der Waals surface area contributed by atoms with Gasteiger partial charge in [0.1, 0.15) is 13.2 Å². The molecule has 0 aromatic heterocycles. The summed E-state index contributed by atoms with van der Waals surface area (Å²) in [7, 11) is 0. The molecule has 0 fully saturated rings. The van der Waals surface area contributed by atoms with Crippen LogP contribution in [0, 0.1) is 0 Å². The summed E-state index contributed by atoms with van der Waals surface area (Å²) in [6.45, 7) is 6.36. The van der Waals surface area contributed by atoms with Crippen LogP contribution in [0.1, 0.15) is 258 Å². The summed E-state index contributed by atoms with van der Waals surface area (Å²) in [6, 6.07) is 0. The Morgan fingerprint density at radius 1 is 0.284 bits per heavy atom. The van der Waals surface area contributed by atoms with Crippen molar-refractivity contribution in [1.82, 2.24) is 0 Å². The fourth-order valence-electron chi connectivity index (χ4n) is 7.90. The minimum absolute atomic E-state index is 0.105. The van der Waals surface area contributed by atoms with E-state index in [0.717, 1.165) is 161 Å². The predicted molar refractivity (Wildman–Crippen MR) is 320 cm³/mol. The van der Waals surface area contributed by atoms with E-state index in [1.54, 1.807) is 0 Å². The maximum atomic E-state index is 12.9. The highest BCUT2D eigenvalue weighted by atomic mass is 16.6. The third kappa shape index (κ3) is 58.4. The smallest absolute Gasteiger partial charge is 0.306 e. The summed E-state index contributed by atoms with van der Waals surface area (Å²) in [5, 5.41) is 0. The number of ether oxygens (including phenoxy) is 3. The van der Waals surface area contributed by atoms with Gasteiger partial charge in [0, 0.05) is 19.3 Å². The molecule has 0 saturated carbocycles. The monoisotopic (exact) mass is 1020 g/mol. The Morgan fingerprint density at radius 2 is 0.527 bits per heavy atom. The Morgan fingerprint density at radius 3 is 0.838 bits per heavy atom. The average Bonchev–Trinajstić information content (AvgIpc) is 3.40. The average molecular weight is 1020 g/mol. The second-order valence-electron chi connectivity index (χ2n) is 19.5. The van der Waals surface area contributed by atoms with Crippen LogP contribution in [0.3, 0.4) is 0 Å². The Hall–Kier alpha value is -4.45. The normalized spacial score (nSPS) is 13.1. The van der Waals surface area contributed by atoms with Crippen LogP contribution in [0.2, 0.25) is 0 Å². The molecule has 74 heavy (non-hydrogen) atoms. The lowest BCUT2D eigenvalue weighted by atomic mass is 10.1. The maximum absolute atomic E-state index is 12.9. The lowest BCUT2D eigenvalue weighted by molar-refractivity contribution is -0.167. The molecule has 0 aromatic rings. The molecule has 0 heterocycles. The van der Waals surface area contributed by atoms with E-state index in [-0.39, 0.29) is 37.5 Å². The predicted octanol–water partition coefficient (Wildman–Crippen LogP) is 20.6. The van der Waals surface area contributed by atoms with Crippen molar-refractivity contribution in [2.75, 3.05) is 13.2 Å². The summed E-state index contributed by atoms with van der Waals surface area (Å²) in [6.07, 6.45) is 85.8. The number of allylic oxidation sites excluding steroid dienone is 22. The fraction of sp³-hybridized carbons (Fsp3) is 0.632. The van der Waals surface area contributed by atoms with E-state index in [1.807, 2.05) is 0 Å². The first-order valence-electron chi connectivity index (χ1n) is 30.2. The molecule has 0 bridgehead atoms. The van der Waals surface area contributed by atoms with Gasteiger partial charge in [0.25, 0.3) is 0 Å². The maximum Gasteiger partial charge on any atom is 0.306 e. The van der Waals surface area contributed by atoms with Crippen molar-refractivity contribution in [3.63, 3.8) is 0 Å². The van der Waals surface area contributed by atoms with Crippen molar-refractivity contribution >= 4 is 17.9 Å². The van der Waals surface area contributed by atoms with Gasteiger partial charge in [-0.3, -0.25) is 14.4 Å². The number of carbonyl (C=O) groups is 3. The van der Waals surface area contributed by atoms with Crippen LogP contribution < -0.4 is 0 Å². The highest BCUT2D eigenvalue weighted by Crippen LogP contribution is 2.14. The molecule has 1 atom stereocenters. The van der Waals surface area contributed by atoms with E-state index < -0.39 is 6.10 Å². The van der Waals surface area contributed by atoms with Gasteiger partial charge in [0.2, 0.25) is 0 Å². The van der Waals surface area contributed by atoms with Crippen LogP contribution in [-0.4, -0.2) is 37.2 Å². The molecule has 0 aliphatic carbocycles. The summed E-state index contributed by atoms with van der Waals surface area (Å²) in [4.78, 5) is 38.3. The standard InChI is InChI=1S/C68H110O6/c1-4-7-10-13-16-19-22-25-28-31-32-33-34-35-36-38-40-43-46-49-52-55-58-61-67(70)73-64-65(63-72-66(69)60-57-54-51-48-45-42-39-30-27-24-21-18-15-12-9-6-3)74-68(71)62-59-56-53-50-47-44-41-37-29-26-23-20-17-14-11-8-5-2/h7-8,10-11,16-17,19-20,25-26,28-30,32-33,35-36,39-41,43-44,65H,4-6,9,12-15,18,21-24,27,31,34,37-38,42,45-64H2,1-3H3/b10-7-,11-8-,19-16-,20-17-,28-25-,29-26-,33-32-,36-35-,39-30-,43-40-,44-41-. The first-order valence-corrected chi connectivity index (χ1v) is 30.2. The minimum atomic E-state index is -0.811. The quantitative estimate of drug-likeness (QED) is 0.0261. The number of unbranched alkanes of at least 4 members (excludes halogenated alkanes) is 20. The molecule has 0 saturated heterocycles. The molecule has 0 aliphatic rings. The molecule has 6 nitrogen and oxygen atoms in total. The Balaban J connectivity index is 4.50. The van der Waals surface area contributed by atoms with Gasteiger partial charge < -0.3 is 14.2 Å². The first-order chi connectivity index (χ1) is 36.5. The van der Waals surface area contributed by atoms with Crippen molar-refractivity contribution < 1.29 is 28.6 Å². The van der Waals surface area contributed by atoms with Gasteiger partial charge in [-0.1, -0.05) is 238 Å². The molecule has 0 spiro atoms. The number of esters is 3. The summed E-state index contributed by atoms with van der Waals surface area (Å²) >= 11 is 0. The van der Waals surface area contributed by atoms with Crippen LogP contribution in [0.15, 0.2) is 134 Å². The fourth-order valence-corrected chi connectivity index (χ4v) is 7.90. The van der Waals surface area contributed by atoms with Gasteiger partial charge in [0.15, 0.2) is 6.10 Å². The van der Waals surface area contributed by atoms with E-state index in [0.29, 0.717) is 12.8 Å². The van der Waals surface area contributed by atoms with Crippen LogP contribution in [0.4, 0.5) is 0 Å². The highest BCUT2D eigenvalue weighted by Gasteiger charge is 2.19. The molecule has 0 rings (SSSR count). The van der Waals surface area contributed by atoms with Gasteiger partial charge in [-0.2, -0.15) is 0 Å². The van der Waals surface area contributed by atoms with Crippen molar-refractivity contribution in [3.8, 4) is 0 Å². The number of hydrogen-bond donors (Lipinski definition) is 0. The van der Waals surface area contributed by atoms with Gasteiger partial charge in [0.05, 0.1) is 0 Å². The zero-order valence-electron chi connectivity index (χ0n) is 47.8. The molecular formula is C68H110O6. The molecule has 0 amide bonds. The van der Waals surface area contributed by atoms with E-state index in [2.05, 4.69) is 154 Å². The Labute approximate surface area is 455 Å². The van der Waals surface area contributed by atoms with Crippen molar-refractivity contribution in [1.29, 1.82) is 0 Å². The highest BCUT2D eigenvalue weighted by molar-refractivity contribution is 5.71. The van der Waals surface area contributed by atoms with Crippen LogP contribution in [-0.2, 0) is 28.6 Å².